The van der Waals surface area contributed by atoms with Crippen molar-refractivity contribution in [2.45, 2.75) is 45.2 Å². The molecule has 1 aromatic carbocycles. The zero-order valence-electron chi connectivity index (χ0n) is 15.1. The van der Waals surface area contributed by atoms with Crippen molar-refractivity contribution in [3.63, 3.8) is 0 Å². The van der Waals surface area contributed by atoms with Crippen molar-refractivity contribution in [1.29, 1.82) is 0 Å². The van der Waals surface area contributed by atoms with E-state index >= 15 is 0 Å². The zero-order valence-corrected chi connectivity index (χ0v) is 15.9. The fourth-order valence-electron chi connectivity index (χ4n) is 4.36. The van der Waals surface area contributed by atoms with Crippen molar-refractivity contribution >= 4 is 11.3 Å². The molecule has 134 valence electrons. The maximum atomic E-state index is 5.73. The summed E-state index contributed by atoms with van der Waals surface area (Å²) in [5, 5.41) is 5.26. The molecule has 0 unspecified atom stereocenters. The highest BCUT2D eigenvalue weighted by Gasteiger charge is 2.28. The van der Waals surface area contributed by atoms with Crippen LogP contribution in [0.5, 0.6) is 5.75 Å². The summed E-state index contributed by atoms with van der Waals surface area (Å²) in [6, 6.07) is 13.1. The lowest BCUT2D eigenvalue weighted by Gasteiger charge is -2.19. The number of hydrogen-bond donors (Lipinski definition) is 1. The van der Waals surface area contributed by atoms with Crippen LogP contribution in [0.2, 0.25) is 0 Å². The number of nitrogens with zero attached hydrogens (tertiary/aromatic N) is 1. The Morgan fingerprint density at radius 2 is 2.08 bits per heavy atom. The smallest absolute Gasteiger partial charge is 0.119 e. The number of ether oxygens (including phenoxy) is 1. The summed E-state index contributed by atoms with van der Waals surface area (Å²) in [6.07, 6.45) is 7.38. The van der Waals surface area contributed by atoms with Gasteiger partial charge < -0.3 is 14.6 Å². The normalized spacial score (nSPS) is 18.6. The summed E-state index contributed by atoms with van der Waals surface area (Å²) in [7, 11) is 0. The highest BCUT2D eigenvalue weighted by Crippen LogP contribution is 2.41. The van der Waals surface area contributed by atoms with Gasteiger partial charge in [-0.2, -0.15) is 0 Å². The minimum Gasteiger partial charge on any atom is -0.494 e. The molecule has 5 rings (SSSR count). The van der Waals surface area contributed by atoms with Gasteiger partial charge in [-0.15, -0.1) is 11.3 Å². The van der Waals surface area contributed by atoms with Gasteiger partial charge in [0.25, 0.3) is 0 Å². The van der Waals surface area contributed by atoms with Gasteiger partial charge >= 0.3 is 0 Å². The average Bonchev–Trinajstić information content (AvgIpc) is 3.25. The van der Waals surface area contributed by atoms with Crippen LogP contribution in [-0.4, -0.2) is 11.2 Å². The quantitative estimate of drug-likeness (QED) is 0.707. The second-order valence-corrected chi connectivity index (χ2v) is 8.20. The molecule has 3 nitrogen and oxygen atoms in total. The first-order valence-electron chi connectivity index (χ1n) is 9.62. The van der Waals surface area contributed by atoms with Crippen LogP contribution >= 0.6 is 11.3 Å². The van der Waals surface area contributed by atoms with Crippen LogP contribution in [0.25, 0.3) is 5.00 Å². The summed E-state index contributed by atoms with van der Waals surface area (Å²) in [4.78, 5) is 1.61. The van der Waals surface area contributed by atoms with E-state index in [1.165, 1.54) is 47.5 Å². The van der Waals surface area contributed by atoms with Crippen molar-refractivity contribution in [1.82, 2.24) is 9.88 Å². The summed E-state index contributed by atoms with van der Waals surface area (Å²) in [6.45, 7) is 3.66. The molecular formula is C22H24N2OS. The van der Waals surface area contributed by atoms with Crippen molar-refractivity contribution < 1.29 is 4.74 Å². The molecule has 0 amide bonds. The molecule has 2 aliphatic rings. The van der Waals surface area contributed by atoms with Crippen LogP contribution in [0.4, 0.5) is 0 Å². The number of thiophene rings is 1. The molecule has 0 saturated heterocycles. The second kappa shape index (κ2) is 6.60. The van der Waals surface area contributed by atoms with Gasteiger partial charge in [-0.25, -0.2) is 0 Å². The SMILES string of the molecule is CCOc1cccc([C@@H]2NCc3c(sc4c3CCCC4)-n3cccc32)c1. The Hall–Kier alpha value is -2.04. The van der Waals surface area contributed by atoms with Crippen LogP contribution in [-0.2, 0) is 19.4 Å². The minimum absolute atomic E-state index is 0.184. The average molecular weight is 365 g/mol. The molecule has 0 bridgehead atoms. The van der Waals surface area contributed by atoms with Gasteiger partial charge in [0.2, 0.25) is 0 Å². The van der Waals surface area contributed by atoms with Crippen LogP contribution in [0.1, 0.15) is 53.1 Å². The van der Waals surface area contributed by atoms with Gasteiger partial charge in [0.05, 0.1) is 12.6 Å². The molecule has 0 spiro atoms. The highest BCUT2D eigenvalue weighted by molar-refractivity contribution is 7.15. The fraction of sp³-hybridized carbons (Fsp3) is 0.364. The molecule has 1 aliphatic heterocycles. The van der Waals surface area contributed by atoms with Crippen molar-refractivity contribution in [2.75, 3.05) is 6.61 Å². The first-order chi connectivity index (χ1) is 12.8. The number of rotatable bonds is 3. The van der Waals surface area contributed by atoms with Crippen molar-refractivity contribution in [3.8, 4) is 10.8 Å². The van der Waals surface area contributed by atoms with Gasteiger partial charge in [-0.1, -0.05) is 12.1 Å². The Morgan fingerprint density at radius 3 is 3.00 bits per heavy atom. The summed E-state index contributed by atoms with van der Waals surface area (Å²) in [5.74, 6) is 0.946. The summed E-state index contributed by atoms with van der Waals surface area (Å²) >= 11 is 2.01. The number of hydrogen-bond acceptors (Lipinski definition) is 3. The number of benzene rings is 1. The van der Waals surface area contributed by atoms with E-state index in [-0.39, 0.29) is 6.04 Å². The van der Waals surface area contributed by atoms with Crippen LogP contribution in [0.15, 0.2) is 42.6 Å². The second-order valence-electron chi connectivity index (χ2n) is 7.12. The molecule has 3 aromatic rings. The molecule has 1 atom stereocenters. The molecular weight excluding hydrogens is 340 g/mol. The standard InChI is InChI=1S/C22H24N2OS/c1-2-25-16-8-5-7-15(13-16)21-19-10-6-12-24(19)22-18(14-23-21)17-9-3-4-11-20(17)26-22/h5-8,10,12-13,21,23H,2-4,9,11,14H2,1H3/t21-/m0/s1. The lowest BCUT2D eigenvalue weighted by molar-refractivity contribution is 0.339. The highest BCUT2D eigenvalue weighted by atomic mass is 32.1. The number of fused-ring (bicyclic) bond motifs is 5. The van der Waals surface area contributed by atoms with Gasteiger partial charge in [-0.3, -0.25) is 0 Å². The molecule has 0 radical (unpaired) electrons. The van der Waals surface area contributed by atoms with Crippen LogP contribution in [0, 0.1) is 0 Å². The zero-order chi connectivity index (χ0) is 17.5. The van der Waals surface area contributed by atoms with E-state index in [0.717, 1.165) is 12.3 Å². The Balaban J connectivity index is 1.59. The van der Waals surface area contributed by atoms with Gasteiger partial charge in [-0.05, 0) is 68.0 Å². The maximum absolute atomic E-state index is 5.73. The lowest BCUT2D eigenvalue weighted by atomic mass is 9.95. The van der Waals surface area contributed by atoms with E-state index in [9.17, 15) is 0 Å². The molecule has 2 aromatic heterocycles. The van der Waals surface area contributed by atoms with E-state index in [1.54, 1.807) is 10.4 Å². The first kappa shape index (κ1) is 16.2. The van der Waals surface area contributed by atoms with E-state index in [2.05, 4.69) is 46.4 Å². The fourth-order valence-corrected chi connectivity index (χ4v) is 5.77. The Kier molecular flexibility index (Phi) is 4.10. The van der Waals surface area contributed by atoms with Gasteiger partial charge in [0, 0.05) is 28.9 Å². The molecule has 0 fully saturated rings. The minimum atomic E-state index is 0.184. The largest absolute Gasteiger partial charge is 0.494 e. The predicted molar refractivity (Wildman–Crippen MR) is 107 cm³/mol. The summed E-state index contributed by atoms with van der Waals surface area (Å²) < 4.78 is 8.14. The Morgan fingerprint density at radius 1 is 1.15 bits per heavy atom. The molecule has 26 heavy (non-hydrogen) atoms. The Bertz CT molecular complexity index is 940. The first-order valence-corrected chi connectivity index (χ1v) is 10.4. The number of nitrogens with one attached hydrogen (secondary N) is 1. The van der Waals surface area contributed by atoms with E-state index in [0.29, 0.717) is 6.61 Å². The van der Waals surface area contributed by atoms with E-state index < -0.39 is 0 Å². The van der Waals surface area contributed by atoms with E-state index in [1.807, 2.05) is 24.3 Å². The topological polar surface area (TPSA) is 26.2 Å². The monoisotopic (exact) mass is 364 g/mol. The lowest BCUT2D eigenvalue weighted by Crippen LogP contribution is -2.22. The predicted octanol–water partition coefficient (Wildman–Crippen LogP) is 5.01. The van der Waals surface area contributed by atoms with E-state index in [4.69, 9.17) is 4.74 Å². The maximum Gasteiger partial charge on any atom is 0.119 e. The Labute approximate surface area is 158 Å². The van der Waals surface area contributed by atoms with Crippen LogP contribution < -0.4 is 10.1 Å². The van der Waals surface area contributed by atoms with Crippen LogP contribution in [0.3, 0.4) is 0 Å². The van der Waals surface area contributed by atoms with Crippen molar-refractivity contribution in [3.05, 3.63) is 69.9 Å². The third kappa shape index (κ3) is 2.60. The molecule has 4 heteroatoms. The van der Waals surface area contributed by atoms with Crippen molar-refractivity contribution in [2.24, 2.45) is 0 Å². The number of aromatic nitrogens is 1. The molecule has 1 N–H and O–H groups in total. The summed E-state index contributed by atoms with van der Waals surface area (Å²) in [5.41, 5.74) is 5.72. The molecule has 1 aliphatic carbocycles. The van der Waals surface area contributed by atoms with Gasteiger partial charge in [0.1, 0.15) is 10.8 Å². The third-order valence-electron chi connectivity index (χ3n) is 5.54. The van der Waals surface area contributed by atoms with Gasteiger partial charge in [0.15, 0.2) is 0 Å². The number of aryl methyl sites for hydroxylation is 1. The molecule has 0 saturated carbocycles. The third-order valence-corrected chi connectivity index (χ3v) is 6.87. The molecule has 3 heterocycles.